The molecule has 4 nitrogen and oxygen atoms in total. The fraction of sp³-hybridized carbons (Fsp3) is 0.320. The lowest BCUT2D eigenvalue weighted by atomic mass is 10.1. The highest BCUT2D eigenvalue weighted by Gasteiger charge is 2.30. The fourth-order valence-electron chi connectivity index (χ4n) is 3.87. The molecule has 1 aliphatic rings. The molecule has 0 atom stereocenters. The Hall–Kier alpha value is -2.85. The SMILES string of the molecule is COC(=O)c1ccccc1CN(Cc1cccn1Cc1ccccc1C)C1CC1. The second-order valence-corrected chi connectivity index (χ2v) is 7.84. The molecule has 0 amide bonds. The molecule has 0 spiro atoms. The normalized spacial score (nSPS) is 13.6. The van der Waals surface area contributed by atoms with Crippen molar-refractivity contribution in [3.05, 3.63) is 94.8 Å². The van der Waals surface area contributed by atoms with Crippen LogP contribution in [0.15, 0.2) is 66.9 Å². The van der Waals surface area contributed by atoms with E-state index in [-0.39, 0.29) is 5.97 Å². The van der Waals surface area contributed by atoms with Crippen LogP contribution in [0.4, 0.5) is 0 Å². The lowest BCUT2D eigenvalue weighted by molar-refractivity contribution is 0.0598. The average molecular weight is 389 g/mol. The van der Waals surface area contributed by atoms with E-state index >= 15 is 0 Å². The highest BCUT2D eigenvalue weighted by molar-refractivity contribution is 5.90. The monoisotopic (exact) mass is 388 g/mol. The first kappa shape index (κ1) is 19.5. The maximum absolute atomic E-state index is 12.2. The van der Waals surface area contributed by atoms with Gasteiger partial charge in [-0.3, -0.25) is 4.90 Å². The van der Waals surface area contributed by atoms with E-state index in [0.29, 0.717) is 11.6 Å². The minimum absolute atomic E-state index is 0.265. The van der Waals surface area contributed by atoms with Gasteiger partial charge in [0.2, 0.25) is 0 Å². The predicted octanol–water partition coefficient (Wildman–Crippen LogP) is 4.80. The molecule has 0 aliphatic heterocycles. The molecular weight excluding hydrogens is 360 g/mol. The molecule has 0 N–H and O–H groups in total. The number of aryl methyl sites for hydroxylation is 1. The third-order valence-electron chi connectivity index (χ3n) is 5.75. The zero-order valence-electron chi connectivity index (χ0n) is 17.2. The van der Waals surface area contributed by atoms with E-state index < -0.39 is 0 Å². The van der Waals surface area contributed by atoms with E-state index in [1.54, 1.807) is 0 Å². The summed E-state index contributed by atoms with van der Waals surface area (Å²) < 4.78 is 7.31. The van der Waals surface area contributed by atoms with Crippen molar-refractivity contribution in [2.75, 3.05) is 7.11 Å². The first-order chi connectivity index (χ1) is 14.2. The molecule has 1 aromatic heterocycles. The van der Waals surface area contributed by atoms with Crippen LogP contribution in [-0.4, -0.2) is 28.6 Å². The molecule has 1 saturated carbocycles. The van der Waals surface area contributed by atoms with Crippen LogP contribution in [0, 0.1) is 6.92 Å². The molecule has 29 heavy (non-hydrogen) atoms. The van der Waals surface area contributed by atoms with E-state index in [9.17, 15) is 4.79 Å². The van der Waals surface area contributed by atoms with Crippen LogP contribution in [0.2, 0.25) is 0 Å². The first-order valence-electron chi connectivity index (χ1n) is 10.2. The number of hydrogen-bond acceptors (Lipinski definition) is 3. The Morgan fingerprint density at radius 2 is 1.72 bits per heavy atom. The molecule has 1 aliphatic carbocycles. The molecule has 0 saturated heterocycles. The average Bonchev–Trinajstić information content (AvgIpc) is 3.50. The van der Waals surface area contributed by atoms with Gasteiger partial charge in [-0.1, -0.05) is 42.5 Å². The van der Waals surface area contributed by atoms with Crippen molar-refractivity contribution in [3.8, 4) is 0 Å². The summed E-state index contributed by atoms with van der Waals surface area (Å²) in [7, 11) is 1.44. The summed E-state index contributed by atoms with van der Waals surface area (Å²) in [5.74, 6) is -0.265. The van der Waals surface area contributed by atoms with Crippen LogP contribution in [0.25, 0.3) is 0 Å². The molecule has 1 heterocycles. The second kappa shape index (κ2) is 8.66. The number of rotatable bonds is 8. The van der Waals surface area contributed by atoms with E-state index in [1.807, 2.05) is 24.3 Å². The number of carbonyl (C=O) groups excluding carboxylic acids is 1. The lowest BCUT2D eigenvalue weighted by Gasteiger charge is -2.24. The molecule has 150 valence electrons. The van der Waals surface area contributed by atoms with Crippen LogP contribution < -0.4 is 0 Å². The maximum atomic E-state index is 12.2. The molecule has 3 aromatic rings. The molecule has 2 aromatic carbocycles. The molecule has 1 fully saturated rings. The smallest absolute Gasteiger partial charge is 0.338 e. The van der Waals surface area contributed by atoms with Crippen LogP contribution in [0.5, 0.6) is 0 Å². The van der Waals surface area contributed by atoms with Gasteiger partial charge < -0.3 is 9.30 Å². The van der Waals surface area contributed by atoms with Gasteiger partial charge >= 0.3 is 5.97 Å². The van der Waals surface area contributed by atoms with Crippen molar-refractivity contribution in [2.24, 2.45) is 0 Å². The zero-order chi connectivity index (χ0) is 20.2. The summed E-state index contributed by atoms with van der Waals surface area (Å²) in [5, 5.41) is 0. The third kappa shape index (κ3) is 4.60. The Kier molecular flexibility index (Phi) is 5.81. The van der Waals surface area contributed by atoms with E-state index in [2.05, 4.69) is 59.0 Å². The summed E-state index contributed by atoms with van der Waals surface area (Å²) in [6, 6.07) is 21.3. The summed E-state index contributed by atoms with van der Waals surface area (Å²) in [6.07, 6.45) is 4.60. The molecule has 4 rings (SSSR count). The predicted molar refractivity (Wildman–Crippen MR) is 115 cm³/mol. The van der Waals surface area contributed by atoms with Gasteiger partial charge in [-0.05, 0) is 54.7 Å². The van der Waals surface area contributed by atoms with Gasteiger partial charge in [0, 0.05) is 37.6 Å². The first-order valence-corrected chi connectivity index (χ1v) is 10.2. The Labute approximate surface area is 172 Å². The molecule has 0 bridgehead atoms. The molecular formula is C25H28N2O2. The van der Waals surface area contributed by atoms with E-state index in [0.717, 1.165) is 25.2 Å². The van der Waals surface area contributed by atoms with Gasteiger partial charge in [-0.2, -0.15) is 0 Å². The number of esters is 1. The van der Waals surface area contributed by atoms with E-state index in [4.69, 9.17) is 4.74 Å². The van der Waals surface area contributed by atoms with Crippen LogP contribution >= 0.6 is 0 Å². The lowest BCUT2D eigenvalue weighted by Crippen LogP contribution is -2.27. The minimum atomic E-state index is -0.265. The van der Waals surface area contributed by atoms with Gasteiger partial charge in [0.25, 0.3) is 0 Å². The largest absolute Gasteiger partial charge is 0.465 e. The van der Waals surface area contributed by atoms with Gasteiger partial charge in [-0.15, -0.1) is 0 Å². The molecule has 0 unspecified atom stereocenters. The van der Waals surface area contributed by atoms with Crippen molar-refractivity contribution < 1.29 is 9.53 Å². The zero-order valence-corrected chi connectivity index (χ0v) is 17.2. The van der Waals surface area contributed by atoms with Crippen LogP contribution in [-0.2, 0) is 24.4 Å². The number of carbonyl (C=O) groups is 1. The summed E-state index contributed by atoms with van der Waals surface area (Å²) in [6.45, 7) is 4.68. The summed E-state index contributed by atoms with van der Waals surface area (Å²) in [5.41, 5.74) is 5.66. The van der Waals surface area contributed by atoms with Crippen LogP contribution in [0.3, 0.4) is 0 Å². The van der Waals surface area contributed by atoms with E-state index in [1.165, 1.54) is 36.8 Å². The Morgan fingerprint density at radius 1 is 1.00 bits per heavy atom. The van der Waals surface area contributed by atoms with Gasteiger partial charge in [0.05, 0.1) is 12.7 Å². The number of methoxy groups -OCH3 is 1. The fourth-order valence-corrected chi connectivity index (χ4v) is 3.87. The van der Waals surface area contributed by atoms with Crippen molar-refractivity contribution in [1.82, 2.24) is 9.47 Å². The highest BCUT2D eigenvalue weighted by atomic mass is 16.5. The Bertz CT molecular complexity index is 988. The minimum Gasteiger partial charge on any atom is -0.465 e. The summed E-state index contributed by atoms with van der Waals surface area (Å²) >= 11 is 0. The number of benzene rings is 2. The number of aromatic nitrogens is 1. The Morgan fingerprint density at radius 3 is 2.45 bits per heavy atom. The standard InChI is InChI=1S/C25H28N2O2/c1-19-8-3-4-9-20(19)16-26-15-7-11-23(26)18-27(22-13-14-22)17-21-10-5-6-12-24(21)25(28)29-2/h3-12,15,22H,13-14,16-18H2,1-2H3. The molecule has 4 heteroatoms. The molecule has 0 radical (unpaired) electrons. The number of nitrogens with zero attached hydrogens (tertiary/aromatic N) is 2. The van der Waals surface area contributed by atoms with Gasteiger partial charge in [-0.25, -0.2) is 4.79 Å². The maximum Gasteiger partial charge on any atom is 0.338 e. The number of hydrogen-bond donors (Lipinski definition) is 0. The Balaban J connectivity index is 1.53. The topological polar surface area (TPSA) is 34.5 Å². The summed E-state index contributed by atoms with van der Waals surface area (Å²) in [4.78, 5) is 14.7. The number of ether oxygens (including phenoxy) is 1. The van der Waals surface area contributed by atoms with Crippen molar-refractivity contribution in [2.45, 2.75) is 45.4 Å². The van der Waals surface area contributed by atoms with Crippen LogP contribution in [0.1, 0.15) is 45.6 Å². The quantitative estimate of drug-likeness (QED) is 0.520. The van der Waals surface area contributed by atoms with Crippen molar-refractivity contribution >= 4 is 5.97 Å². The third-order valence-corrected chi connectivity index (χ3v) is 5.75. The highest BCUT2D eigenvalue weighted by Crippen LogP contribution is 2.31. The van der Waals surface area contributed by atoms with Gasteiger partial charge in [0.15, 0.2) is 0 Å². The van der Waals surface area contributed by atoms with Gasteiger partial charge in [0.1, 0.15) is 0 Å². The second-order valence-electron chi connectivity index (χ2n) is 7.84. The van der Waals surface area contributed by atoms with Crippen molar-refractivity contribution in [3.63, 3.8) is 0 Å². The van der Waals surface area contributed by atoms with Crippen molar-refractivity contribution in [1.29, 1.82) is 0 Å².